The topological polar surface area (TPSA) is 96.8 Å². The van der Waals surface area contributed by atoms with Gasteiger partial charge in [-0.25, -0.2) is 9.67 Å². The summed E-state index contributed by atoms with van der Waals surface area (Å²) in [7, 11) is 0. The first-order valence-electron chi connectivity index (χ1n) is 11.0. The molecule has 1 amide bonds. The molecule has 5 rings (SSSR count). The van der Waals surface area contributed by atoms with Gasteiger partial charge < -0.3 is 9.88 Å². The lowest BCUT2D eigenvalue weighted by molar-refractivity contribution is -0.131. The van der Waals surface area contributed by atoms with E-state index in [1.54, 1.807) is 4.68 Å². The number of H-pyrrole nitrogens is 1. The first-order valence-corrected chi connectivity index (χ1v) is 11.3. The Morgan fingerprint density at radius 1 is 1.12 bits per heavy atom. The average molecular weight is 463 g/mol. The standard InChI is InChI=1S/C24H23ClN6O2/c25-19-11-5-4-9-17(19)15-31-23-21(28-29-31)24(33)27-22(26-23)18-10-6-12-30(14-18)20(32)13-16-7-2-1-3-8-16/h1-5,7-9,11,18H,6,10,12-15H2,(H,26,27,33). The van der Waals surface area contributed by atoms with E-state index in [4.69, 9.17) is 16.6 Å². The van der Waals surface area contributed by atoms with Crippen LogP contribution in [0.5, 0.6) is 0 Å². The number of carbonyl (C=O) groups excluding carboxylic acids is 1. The number of aromatic amines is 1. The van der Waals surface area contributed by atoms with Gasteiger partial charge in [-0.15, -0.1) is 5.10 Å². The summed E-state index contributed by atoms with van der Waals surface area (Å²) in [5.41, 5.74) is 2.14. The molecule has 1 fully saturated rings. The van der Waals surface area contributed by atoms with Crippen molar-refractivity contribution in [3.05, 3.63) is 86.9 Å². The number of hydrogen-bond acceptors (Lipinski definition) is 5. The molecule has 0 spiro atoms. The van der Waals surface area contributed by atoms with Crippen LogP contribution in [0.2, 0.25) is 5.02 Å². The first kappa shape index (κ1) is 21.3. The van der Waals surface area contributed by atoms with Crippen LogP contribution in [-0.2, 0) is 17.8 Å². The predicted molar refractivity (Wildman–Crippen MR) is 125 cm³/mol. The molecule has 0 bridgehead atoms. The molecule has 1 N–H and O–H groups in total. The third-order valence-electron chi connectivity index (χ3n) is 6.03. The minimum absolute atomic E-state index is 0.0563. The maximum Gasteiger partial charge on any atom is 0.281 e. The maximum atomic E-state index is 12.9. The Labute approximate surface area is 195 Å². The summed E-state index contributed by atoms with van der Waals surface area (Å²) in [6, 6.07) is 17.2. The van der Waals surface area contributed by atoms with Crippen LogP contribution in [0.1, 0.15) is 35.7 Å². The number of halogens is 1. The lowest BCUT2D eigenvalue weighted by Crippen LogP contribution is -2.40. The first-order chi connectivity index (χ1) is 16.1. The second-order valence-electron chi connectivity index (χ2n) is 8.30. The summed E-state index contributed by atoms with van der Waals surface area (Å²) in [4.78, 5) is 35.0. The third kappa shape index (κ3) is 4.52. The summed E-state index contributed by atoms with van der Waals surface area (Å²) in [5.74, 6) is 0.589. The molecule has 1 atom stereocenters. The second kappa shape index (κ2) is 9.15. The van der Waals surface area contributed by atoms with E-state index in [-0.39, 0.29) is 22.9 Å². The number of hydrogen-bond donors (Lipinski definition) is 1. The molecule has 33 heavy (non-hydrogen) atoms. The van der Waals surface area contributed by atoms with Gasteiger partial charge in [0, 0.05) is 24.0 Å². The number of nitrogens with one attached hydrogen (secondary N) is 1. The molecule has 1 aliphatic heterocycles. The van der Waals surface area contributed by atoms with Crippen molar-refractivity contribution in [1.29, 1.82) is 0 Å². The van der Waals surface area contributed by atoms with Crippen LogP contribution in [0, 0.1) is 0 Å². The molecule has 4 aromatic rings. The number of rotatable bonds is 5. The van der Waals surface area contributed by atoms with E-state index in [2.05, 4.69) is 15.3 Å². The Balaban J connectivity index is 1.39. The zero-order valence-corrected chi connectivity index (χ0v) is 18.7. The van der Waals surface area contributed by atoms with Crippen LogP contribution in [0.4, 0.5) is 0 Å². The summed E-state index contributed by atoms with van der Waals surface area (Å²) >= 11 is 6.29. The van der Waals surface area contributed by atoms with Gasteiger partial charge in [-0.2, -0.15) is 0 Å². The van der Waals surface area contributed by atoms with Gasteiger partial charge in [-0.3, -0.25) is 9.59 Å². The number of carbonyl (C=O) groups is 1. The normalized spacial score (nSPS) is 16.3. The van der Waals surface area contributed by atoms with Gasteiger partial charge in [0.25, 0.3) is 5.56 Å². The molecular formula is C24H23ClN6O2. The van der Waals surface area contributed by atoms with Gasteiger partial charge in [0.2, 0.25) is 5.91 Å². The molecule has 168 valence electrons. The minimum atomic E-state index is -0.326. The van der Waals surface area contributed by atoms with E-state index in [1.165, 1.54) is 0 Å². The molecule has 0 saturated carbocycles. The summed E-state index contributed by atoms with van der Waals surface area (Å²) in [6.45, 7) is 1.59. The molecule has 8 nitrogen and oxygen atoms in total. The Morgan fingerprint density at radius 2 is 1.91 bits per heavy atom. The molecule has 9 heteroatoms. The van der Waals surface area contributed by atoms with Crippen LogP contribution >= 0.6 is 11.6 Å². The van der Waals surface area contributed by atoms with Crippen molar-refractivity contribution < 1.29 is 4.79 Å². The second-order valence-corrected chi connectivity index (χ2v) is 8.71. The monoisotopic (exact) mass is 462 g/mol. The number of amides is 1. The van der Waals surface area contributed by atoms with Crippen molar-refractivity contribution in [2.45, 2.75) is 31.7 Å². The fourth-order valence-corrected chi connectivity index (χ4v) is 4.48. The van der Waals surface area contributed by atoms with Crippen LogP contribution in [0.15, 0.2) is 59.4 Å². The van der Waals surface area contributed by atoms with Crippen LogP contribution in [0.25, 0.3) is 11.2 Å². The lowest BCUT2D eigenvalue weighted by Gasteiger charge is -2.32. The molecule has 1 unspecified atom stereocenters. The largest absolute Gasteiger partial charge is 0.342 e. The fraction of sp³-hybridized carbons (Fsp3) is 0.292. The highest BCUT2D eigenvalue weighted by atomic mass is 35.5. The molecular weight excluding hydrogens is 440 g/mol. The van der Waals surface area contributed by atoms with Crippen molar-refractivity contribution in [2.24, 2.45) is 0 Å². The van der Waals surface area contributed by atoms with Gasteiger partial charge in [0.05, 0.1) is 13.0 Å². The van der Waals surface area contributed by atoms with Gasteiger partial charge in [0.15, 0.2) is 11.2 Å². The van der Waals surface area contributed by atoms with E-state index in [0.717, 1.165) is 24.0 Å². The van der Waals surface area contributed by atoms with Crippen molar-refractivity contribution in [3.63, 3.8) is 0 Å². The highest BCUT2D eigenvalue weighted by molar-refractivity contribution is 6.31. The predicted octanol–water partition coefficient (Wildman–Crippen LogP) is 3.17. The SMILES string of the molecule is O=C(Cc1ccccc1)N1CCCC(c2nc3c(nnn3Cc3ccccc3Cl)c(=O)[nH]2)C1. The van der Waals surface area contributed by atoms with Gasteiger partial charge >= 0.3 is 0 Å². The number of nitrogens with zero attached hydrogens (tertiary/aromatic N) is 5. The van der Waals surface area contributed by atoms with E-state index in [9.17, 15) is 9.59 Å². The van der Waals surface area contributed by atoms with E-state index >= 15 is 0 Å². The molecule has 2 aromatic heterocycles. The van der Waals surface area contributed by atoms with Crippen molar-refractivity contribution in [3.8, 4) is 0 Å². The Bertz CT molecular complexity index is 1350. The van der Waals surface area contributed by atoms with E-state index in [1.807, 2.05) is 59.5 Å². The lowest BCUT2D eigenvalue weighted by atomic mass is 9.96. The zero-order valence-electron chi connectivity index (χ0n) is 17.9. The minimum Gasteiger partial charge on any atom is -0.342 e. The quantitative estimate of drug-likeness (QED) is 0.491. The van der Waals surface area contributed by atoms with E-state index < -0.39 is 0 Å². The fourth-order valence-electron chi connectivity index (χ4n) is 4.28. The van der Waals surface area contributed by atoms with Crippen LogP contribution in [0.3, 0.4) is 0 Å². The summed E-state index contributed by atoms with van der Waals surface area (Å²) in [5, 5.41) is 8.77. The molecule has 3 heterocycles. The van der Waals surface area contributed by atoms with Crippen LogP contribution in [-0.4, -0.2) is 48.9 Å². The van der Waals surface area contributed by atoms with Gasteiger partial charge in [0.1, 0.15) is 5.82 Å². The summed E-state index contributed by atoms with van der Waals surface area (Å²) in [6.07, 6.45) is 2.06. The molecule has 0 aliphatic carbocycles. The Hall–Kier alpha value is -3.52. The average Bonchev–Trinajstić information content (AvgIpc) is 3.24. The van der Waals surface area contributed by atoms with Crippen molar-refractivity contribution in [2.75, 3.05) is 13.1 Å². The molecule has 0 radical (unpaired) electrons. The van der Waals surface area contributed by atoms with Crippen LogP contribution < -0.4 is 5.56 Å². The Kier molecular flexibility index (Phi) is 5.92. The zero-order chi connectivity index (χ0) is 22.8. The number of fused-ring (bicyclic) bond motifs is 1. The maximum absolute atomic E-state index is 12.9. The third-order valence-corrected chi connectivity index (χ3v) is 6.40. The number of likely N-dealkylation sites (tertiary alicyclic amines) is 1. The van der Waals surface area contributed by atoms with Crippen molar-refractivity contribution >= 4 is 28.7 Å². The van der Waals surface area contributed by atoms with Gasteiger partial charge in [-0.05, 0) is 30.0 Å². The molecule has 1 saturated heterocycles. The molecule has 1 aliphatic rings. The van der Waals surface area contributed by atoms with E-state index in [0.29, 0.717) is 42.5 Å². The number of aromatic nitrogens is 5. The number of piperidine rings is 1. The number of benzene rings is 2. The smallest absolute Gasteiger partial charge is 0.281 e. The van der Waals surface area contributed by atoms with Crippen molar-refractivity contribution in [1.82, 2.24) is 29.9 Å². The summed E-state index contributed by atoms with van der Waals surface area (Å²) < 4.78 is 1.59. The highest BCUT2D eigenvalue weighted by Crippen LogP contribution is 2.25. The molecule has 2 aromatic carbocycles. The highest BCUT2D eigenvalue weighted by Gasteiger charge is 2.27. The Morgan fingerprint density at radius 3 is 2.73 bits per heavy atom. The van der Waals surface area contributed by atoms with Gasteiger partial charge in [-0.1, -0.05) is 65.3 Å².